The average molecular weight is 505 g/mol. The Balaban J connectivity index is 1.13. The number of likely N-dealkylation sites (N-methyl/N-ethyl adjacent to an activating group) is 1. The molecule has 36 heavy (non-hydrogen) atoms. The highest BCUT2D eigenvalue weighted by molar-refractivity contribution is 5.79. The summed E-state index contributed by atoms with van der Waals surface area (Å²) in [6, 6.07) is 16.9. The van der Waals surface area contributed by atoms with E-state index in [-0.39, 0.29) is 17.6 Å². The zero-order valence-electron chi connectivity index (χ0n) is 20.7. The van der Waals surface area contributed by atoms with E-state index in [0.29, 0.717) is 25.7 Å². The highest BCUT2D eigenvalue weighted by Crippen LogP contribution is 2.28. The van der Waals surface area contributed by atoms with Crippen LogP contribution in [0.3, 0.4) is 0 Å². The molecule has 0 aromatic heterocycles. The molecule has 2 fully saturated rings. The lowest BCUT2D eigenvalue weighted by atomic mass is 9.95. The first-order valence-corrected chi connectivity index (χ1v) is 12.6. The number of amides is 1. The molecule has 9 heteroatoms. The van der Waals surface area contributed by atoms with Crippen LogP contribution in [-0.2, 0) is 11.3 Å². The highest BCUT2D eigenvalue weighted by atomic mass is 19.4. The molecule has 2 saturated heterocycles. The van der Waals surface area contributed by atoms with Crippen LogP contribution in [0, 0.1) is 5.92 Å². The van der Waals surface area contributed by atoms with Gasteiger partial charge in [-0.2, -0.15) is 0 Å². The summed E-state index contributed by atoms with van der Waals surface area (Å²) in [5.41, 5.74) is 2.18. The number of nitrogens with one attached hydrogen (secondary N) is 1. The van der Waals surface area contributed by atoms with Gasteiger partial charge in [-0.05, 0) is 56.1 Å². The van der Waals surface area contributed by atoms with Crippen molar-refractivity contribution in [3.8, 4) is 5.75 Å². The van der Waals surface area contributed by atoms with Crippen LogP contribution >= 0.6 is 0 Å². The molecule has 6 nitrogen and oxygen atoms in total. The topological polar surface area (TPSA) is 48.1 Å². The first-order valence-electron chi connectivity index (χ1n) is 12.6. The molecular weight excluding hydrogens is 469 g/mol. The number of piperidine rings is 1. The maximum atomic E-state index is 12.7. The molecule has 2 aromatic carbocycles. The van der Waals surface area contributed by atoms with Gasteiger partial charge in [0.25, 0.3) is 0 Å². The van der Waals surface area contributed by atoms with E-state index in [1.54, 1.807) is 12.1 Å². The van der Waals surface area contributed by atoms with Gasteiger partial charge < -0.3 is 19.9 Å². The van der Waals surface area contributed by atoms with Crippen molar-refractivity contribution < 1.29 is 22.7 Å². The second kappa shape index (κ2) is 12.0. The molecule has 2 aliphatic rings. The Morgan fingerprint density at radius 2 is 1.72 bits per heavy atom. The number of nitrogens with zero attached hydrogens (tertiary/aromatic N) is 3. The minimum atomic E-state index is -4.69. The van der Waals surface area contributed by atoms with E-state index >= 15 is 0 Å². The Hall–Kier alpha value is -2.78. The van der Waals surface area contributed by atoms with Crippen LogP contribution < -0.4 is 15.0 Å². The van der Waals surface area contributed by atoms with E-state index < -0.39 is 6.36 Å². The van der Waals surface area contributed by atoms with Crippen LogP contribution in [0.5, 0.6) is 5.75 Å². The van der Waals surface area contributed by atoms with Gasteiger partial charge in [0, 0.05) is 63.5 Å². The van der Waals surface area contributed by atoms with E-state index in [2.05, 4.69) is 56.1 Å². The largest absolute Gasteiger partial charge is 0.573 e. The summed E-state index contributed by atoms with van der Waals surface area (Å²) >= 11 is 0. The standard InChI is InChI=1S/C27H35F3N4O2/c1-32(24-13-15-33(20-24)19-21-5-3-2-4-6-21)18-14-31-26(35)22-11-16-34(17-12-22)23-7-9-25(10-8-23)36-27(28,29)30/h2-10,22,24H,11-20H2,1H3,(H,31,35)/t24-/m1/s1. The van der Waals surface area contributed by atoms with Crippen LogP contribution in [0.25, 0.3) is 0 Å². The normalized spacial score (nSPS) is 19.6. The van der Waals surface area contributed by atoms with Crippen LogP contribution in [0.2, 0.25) is 0 Å². The summed E-state index contributed by atoms with van der Waals surface area (Å²) in [6.45, 7) is 5.94. The minimum absolute atomic E-state index is 0.0350. The van der Waals surface area contributed by atoms with Crippen molar-refractivity contribution >= 4 is 11.6 Å². The number of likely N-dealkylation sites (tertiary alicyclic amines) is 1. The molecule has 0 spiro atoms. The van der Waals surface area contributed by atoms with Gasteiger partial charge in [-0.3, -0.25) is 9.69 Å². The third kappa shape index (κ3) is 7.61. The fourth-order valence-corrected chi connectivity index (χ4v) is 5.10. The smallest absolute Gasteiger partial charge is 0.406 e. The van der Waals surface area contributed by atoms with Crippen LogP contribution in [-0.4, -0.2) is 74.4 Å². The maximum Gasteiger partial charge on any atom is 0.573 e. The maximum absolute atomic E-state index is 12.7. The number of carbonyl (C=O) groups excluding carboxylic acids is 1. The molecule has 0 radical (unpaired) electrons. The van der Waals surface area contributed by atoms with Gasteiger partial charge in [0.2, 0.25) is 5.91 Å². The van der Waals surface area contributed by atoms with Crippen molar-refractivity contribution in [2.45, 2.75) is 38.2 Å². The SMILES string of the molecule is CN(CCNC(=O)C1CCN(c2ccc(OC(F)(F)F)cc2)CC1)[C@@H]1CCN(Cc2ccccc2)C1. The van der Waals surface area contributed by atoms with Crippen molar-refractivity contribution in [1.29, 1.82) is 0 Å². The molecule has 1 atom stereocenters. The van der Waals surface area contributed by atoms with Crippen molar-refractivity contribution in [2.75, 3.05) is 51.2 Å². The van der Waals surface area contributed by atoms with Crippen molar-refractivity contribution in [2.24, 2.45) is 5.92 Å². The van der Waals surface area contributed by atoms with Gasteiger partial charge in [0.05, 0.1) is 0 Å². The molecule has 0 aliphatic carbocycles. The predicted octanol–water partition coefficient (Wildman–Crippen LogP) is 4.12. The molecule has 0 unspecified atom stereocenters. The molecule has 196 valence electrons. The van der Waals surface area contributed by atoms with Crippen molar-refractivity contribution in [3.05, 3.63) is 60.2 Å². The van der Waals surface area contributed by atoms with Crippen LogP contribution in [0.1, 0.15) is 24.8 Å². The fourth-order valence-electron chi connectivity index (χ4n) is 5.10. The Bertz CT molecular complexity index is 963. The lowest BCUT2D eigenvalue weighted by molar-refractivity contribution is -0.274. The number of hydrogen-bond acceptors (Lipinski definition) is 5. The molecule has 2 heterocycles. The van der Waals surface area contributed by atoms with Gasteiger partial charge in [-0.15, -0.1) is 13.2 Å². The third-order valence-electron chi connectivity index (χ3n) is 7.18. The molecule has 0 saturated carbocycles. The number of halogens is 3. The summed E-state index contributed by atoms with van der Waals surface area (Å²) in [6.07, 6.45) is -2.11. The fraction of sp³-hybridized carbons (Fsp3) is 0.519. The van der Waals surface area contributed by atoms with E-state index in [9.17, 15) is 18.0 Å². The molecule has 1 N–H and O–H groups in total. The Labute approximate surface area is 211 Å². The summed E-state index contributed by atoms with van der Waals surface area (Å²) in [5, 5.41) is 3.11. The number of benzene rings is 2. The molecule has 1 amide bonds. The van der Waals surface area contributed by atoms with E-state index in [4.69, 9.17) is 0 Å². The van der Waals surface area contributed by atoms with Gasteiger partial charge in [0.15, 0.2) is 0 Å². The molecule has 2 aliphatic heterocycles. The summed E-state index contributed by atoms with van der Waals surface area (Å²) in [7, 11) is 2.13. The second-order valence-electron chi connectivity index (χ2n) is 9.74. The number of carbonyl (C=O) groups is 1. The van der Waals surface area contributed by atoms with Crippen molar-refractivity contribution in [3.63, 3.8) is 0 Å². The Morgan fingerprint density at radius 3 is 2.39 bits per heavy atom. The van der Waals surface area contributed by atoms with Crippen LogP contribution in [0.4, 0.5) is 18.9 Å². The summed E-state index contributed by atoms with van der Waals surface area (Å²) < 4.78 is 41.0. The second-order valence-corrected chi connectivity index (χ2v) is 9.74. The first-order chi connectivity index (χ1) is 17.3. The average Bonchev–Trinajstić information content (AvgIpc) is 3.33. The quantitative estimate of drug-likeness (QED) is 0.557. The van der Waals surface area contributed by atoms with Gasteiger partial charge in [0.1, 0.15) is 5.75 Å². The van der Waals surface area contributed by atoms with Crippen LogP contribution in [0.15, 0.2) is 54.6 Å². The lowest BCUT2D eigenvalue weighted by Gasteiger charge is -2.33. The zero-order chi connectivity index (χ0) is 25.5. The van der Waals surface area contributed by atoms with Gasteiger partial charge in [-0.25, -0.2) is 0 Å². The molecule has 2 aromatic rings. The van der Waals surface area contributed by atoms with Gasteiger partial charge >= 0.3 is 6.36 Å². The molecular formula is C27H35F3N4O2. The Morgan fingerprint density at radius 1 is 1.03 bits per heavy atom. The Kier molecular flexibility index (Phi) is 8.74. The van der Waals surface area contributed by atoms with E-state index in [1.165, 1.54) is 17.7 Å². The van der Waals surface area contributed by atoms with Gasteiger partial charge in [-0.1, -0.05) is 30.3 Å². The molecule has 4 rings (SSSR count). The zero-order valence-corrected chi connectivity index (χ0v) is 20.7. The third-order valence-corrected chi connectivity index (χ3v) is 7.18. The van der Waals surface area contributed by atoms with E-state index in [0.717, 1.165) is 51.1 Å². The highest BCUT2D eigenvalue weighted by Gasteiger charge is 2.31. The first kappa shape index (κ1) is 26.3. The summed E-state index contributed by atoms with van der Waals surface area (Å²) in [4.78, 5) is 19.6. The predicted molar refractivity (Wildman–Crippen MR) is 134 cm³/mol. The van der Waals surface area contributed by atoms with E-state index in [1.807, 2.05) is 6.07 Å². The number of ether oxygens (including phenoxy) is 1. The summed E-state index contributed by atoms with van der Waals surface area (Å²) in [5.74, 6) is -0.173. The number of rotatable bonds is 9. The molecule has 0 bridgehead atoms. The number of hydrogen-bond donors (Lipinski definition) is 1. The number of anilines is 1. The monoisotopic (exact) mass is 504 g/mol. The van der Waals surface area contributed by atoms with Crippen molar-refractivity contribution in [1.82, 2.24) is 15.1 Å². The minimum Gasteiger partial charge on any atom is -0.406 e. The number of alkyl halides is 3. The lowest BCUT2D eigenvalue weighted by Crippen LogP contribution is -2.44.